The van der Waals surface area contributed by atoms with Crippen molar-refractivity contribution >= 4 is 34.8 Å². The van der Waals surface area contributed by atoms with Gasteiger partial charge in [0.05, 0.1) is 18.1 Å². The predicted molar refractivity (Wildman–Crippen MR) is 126 cm³/mol. The minimum absolute atomic E-state index is 0.0354. The summed E-state index contributed by atoms with van der Waals surface area (Å²) in [5.41, 5.74) is 1.46. The fraction of sp³-hybridized carbons (Fsp3) is 0.417. The smallest absolute Gasteiger partial charge is 0.410 e. The van der Waals surface area contributed by atoms with Gasteiger partial charge in [0, 0.05) is 12.7 Å². The van der Waals surface area contributed by atoms with Crippen molar-refractivity contribution in [3.05, 3.63) is 58.8 Å². The lowest BCUT2D eigenvalue weighted by Crippen LogP contribution is -2.47. The summed E-state index contributed by atoms with van der Waals surface area (Å²) >= 11 is 5.95. The van der Waals surface area contributed by atoms with Crippen LogP contribution in [0, 0.1) is 5.82 Å². The summed E-state index contributed by atoms with van der Waals surface area (Å²) in [5.74, 6) is -0.165. The lowest BCUT2D eigenvalue weighted by Gasteiger charge is -2.28. The van der Waals surface area contributed by atoms with Crippen LogP contribution in [0.1, 0.15) is 45.0 Å². The number of hydrogen-bond acceptors (Lipinski definition) is 5. The number of likely N-dealkylation sites (tertiary alicyclic amines) is 1. The van der Waals surface area contributed by atoms with Gasteiger partial charge in [-0.05, 0) is 63.4 Å². The van der Waals surface area contributed by atoms with E-state index in [2.05, 4.69) is 15.3 Å². The lowest BCUT2D eigenvalue weighted by atomic mass is 10.2. The molecule has 1 aromatic carbocycles. The van der Waals surface area contributed by atoms with Crippen LogP contribution < -0.4 is 5.32 Å². The molecule has 1 aliphatic heterocycles. The Morgan fingerprint density at radius 2 is 2.09 bits per heavy atom. The molecule has 3 aromatic rings. The first-order valence-electron chi connectivity index (χ1n) is 11.1. The number of aromatic nitrogens is 3. The molecular weight excluding hydrogens is 461 g/mol. The average molecular weight is 488 g/mol. The molecule has 1 N–H and O–H groups in total. The van der Waals surface area contributed by atoms with Crippen molar-refractivity contribution in [2.24, 2.45) is 0 Å². The van der Waals surface area contributed by atoms with Gasteiger partial charge < -0.3 is 14.6 Å². The topological polar surface area (TPSA) is 89.3 Å². The Labute approximate surface area is 202 Å². The maximum Gasteiger partial charge on any atom is 0.410 e. The third-order valence-electron chi connectivity index (χ3n) is 5.51. The second-order valence-electron chi connectivity index (χ2n) is 9.26. The standard InChI is InChI=1S/C24H27ClFN5O3/c1-24(2,3)34-23(33)30-11-5-7-19(30)22(32)28-13-20-29-18-6-4-10-27-21(18)31(20)14-15-8-9-17(26)16(25)12-15/h4,6,8-10,12,19H,5,7,11,13-14H2,1-3H3,(H,28,32)/t19-/m1/s1. The number of halogens is 2. The Hall–Kier alpha value is -3.20. The summed E-state index contributed by atoms with van der Waals surface area (Å²) in [5, 5.41) is 2.95. The highest BCUT2D eigenvalue weighted by molar-refractivity contribution is 6.30. The van der Waals surface area contributed by atoms with Crippen molar-refractivity contribution in [2.45, 2.75) is 58.3 Å². The van der Waals surface area contributed by atoms with E-state index in [1.165, 1.54) is 11.0 Å². The van der Waals surface area contributed by atoms with Gasteiger partial charge in [-0.2, -0.15) is 0 Å². The van der Waals surface area contributed by atoms with E-state index in [0.717, 1.165) is 12.0 Å². The van der Waals surface area contributed by atoms with Crippen LogP contribution in [-0.2, 0) is 22.6 Å². The molecule has 8 nitrogen and oxygen atoms in total. The monoisotopic (exact) mass is 487 g/mol. The zero-order valence-corrected chi connectivity index (χ0v) is 20.1. The zero-order chi connectivity index (χ0) is 24.5. The van der Waals surface area contributed by atoms with E-state index < -0.39 is 23.6 Å². The first-order valence-corrected chi connectivity index (χ1v) is 11.5. The Morgan fingerprint density at radius 3 is 2.82 bits per heavy atom. The molecule has 0 radical (unpaired) electrons. The highest BCUT2D eigenvalue weighted by Crippen LogP contribution is 2.22. The molecule has 1 aliphatic rings. The number of hydrogen-bond donors (Lipinski definition) is 1. The average Bonchev–Trinajstić information content (AvgIpc) is 3.39. The number of nitrogens with one attached hydrogen (secondary N) is 1. The Morgan fingerprint density at radius 1 is 1.29 bits per heavy atom. The van der Waals surface area contributed by atoms with Crippen molar-refractivity contribution in [1.29, 1.82) is 0 Å². The van der Waals surface area contributed by atoms with Crippen LogP contribution in [0.5, 0.6) is 0 Å². The van der Waals surface area contributed by atoms with E-state index in [0.29, 0.717) is 36.5 Å². The third-order valence-corrected chi connectivity index (χ3v) is 5.80. The molecule has 10 heteroatoms. The largest absolute Gasteiger partial charge is 0.444 e. The maximum absolute atomic E-state index is 13.6. The molecule has 1 atom stereocenters. The van der Waals surface area contributed by atoms with E-state index >= 15 is 0 Å². The molecule has 2 amide bonds. The van der Waals surface area contributed by atoms with Gasteiger partial charge in [0.15, 0.2) is 5.65 Å². The molecule has 1 saturated heterocycles. The van der Waals surface area contributed by atoms with Crippen molar-refractivity contribution in [3.63, 3.8) is 0 Å². The fourth-order valence-electron chi connectivity index (χ4n) is 3.99. The van der Waals surface area contributed by atoms with E-state index in [1.807, 2.05) is 10.6 Å². The van der Waals surface area contributed by atoms with Gasteiger partial charge in [-0.15, -0.1) is 0 Å². The molecule has 0 saturated carbocycles. The number of ether oxygens (including phenoxy) is 1. The van der Waals surface area contributed by atoms with Crippen LogP contribution in [0.2, 0.25) is 5.02 Å². The first kappa shape index (κ1) is 23.9. The highest BCUT2D eigenvalue weighted by Gasteiger charge is 2.36. The molecule has 0 spiro atoms. The van der Waals surface area contributed by atoms with Crippen LogP contribution >= 0.6 is 11.6 Å². The van der Waals surface area contributed by atoms with E-state index in [9.17, 15) is 14.0 Å². The number of carbonyl (C=O) groups excluding carboxylic acids is 2. The van der Waals surface area contributed by atoms with E-state index in [-0.39, 0.29) is 17.5 Å². The van der Waals surface area contributed by atoms with Crippen LogP contribution in [0.3, 0.4) is 0 Å². The molecule has 0 bridgehead atoms. The number of benzene rings is 1. The normalized spacial score (nSPS) is 16.1. The van der Waals surface area contributed by atoms with E-state index in [4.69, 9.17) is 16.3 Å². The van der Waals surface area contributed by atoms with Gasteiger partial charge in [-0.25, -0.2) is 19.2 Å². The number of nitrogens with zero attached hydrogens (tertiary/aromatic N) is 4. The predicted octanol–water partition coefficient (Wildman–Crippen LogP) is 4.29. The molecule has 34 heavy (non-hydrogen) atoms. The van der Waals surface area contributed by atoms with Crippen molar-refractivity contribution < 1.29 is 18.7 Å². The van der Waals surface area contributed by atoms with Gasteiger partial charge >= 0.3 is 6.09 Å². The third kappa shape index (κ3) is 5.30. The zero-order valence-electron chi connectivity index (χ0n) is 19.3. The summed E-state index contributed by atoms with van der Waals surface area (Å²) < 4.78 is 20.9. The molecular formula is C24H27ClFN5O3. The molecule has 180 valence electrons. The Kier molecular flexibility index (Phi) is 6.74. The van der Waals surface area contributed by atoms with Gasteiger partial charge in [0.2, 0.25) is 5.91 Å². The lowest BCUT2D eigenvalue weighted by molar-refractivity contribution is -0.125. The minimum atomic E-state index is -0.637. The second kappa shape index (κ2) is 9.58. The van der Waals surface area contributed by atoms with Crippen LogP contribution in [0.15, 0.2) is 36.5 Å². The summed E-state index contributed by atoms with van der Waals surface area (Å²) in [7, 11) is 0. The van der Waals surface area contributed by atoms with Gasteiger partial charge in [-0.1, -0.05) is 17.7 Å². The van der Waals surface area contributed by atoms with Crippen LogP contribution in [0.4, 0.5) is 9.18 Å². The number of rotatable bonds is 5. The van der Waals surface area contributed by atoms with Crippen molar-refractivity contribution in [3.8, 4) is 0 Å². The number of carbonyl (C=O) groups is 2. The Bertz CT molecular complexity index is 1220. The summed E-state index contributed by atoms with van der Waals surface area (Å²) in [4.78, 5) is 36.1. The van der Waals surface area contributed by atoms with E-state index in [1.54, 1.807) is 45.2 Å². The number of amides is 2. The van der Waals surface area contributed by atoms with Crippen LogP contribution in [-0.4, -0.2) is 49.6 Å². The molecule has 4 rings (SSSR count). The SMILES string of the molecule is CC(C)(C)OC(=O)N1CCC[C@@H]1C(=O)NCc1nc2cccnc2n1Cc1ccc(F)c(Cl)c1. The summed E-state index contributed by atoms with van der Waals surface area (Å²) in [6.45, 7) is 6.35. The number of pyridine rings is 1. The molecule has 3 heterocycles. The van der Waals surface area contributed by atoms with Crippen molar-refractivity contribution in [2.75, 3.05) is 6.54 Å². The quantitative estimate of drug-likeness (QED) is 0.580. The Balaban J connectivity index is 1.52. The molecule has 1 fully saturated rings. The van der Waals surface area contributed by atoms with Crippen LogP contribution in [0.25, 0.3) is 11.2 Å². The first-order chi connectivity index (χ1) is 16.1. The molecule has 0 aliphatic carbocycles. The molecule has 0 unspecified atom stereocenters. The summed E-state index contributed by atoms with van der Waals surface area (Å²) in [6.07, 6.45) is 2.47. The van der Waals surface area contributed by atoms with Gasteiger partial charge in [0.25, 0.3) is 0 Å². The van der Waals surface area contributed by atoms with Gasteiger partial charge in [0.1, 0.15) is 28.8 Å². The maximum atomic E-state index is 13.6. The summed E-state index contributed by atoms with van der Waals surface area (Å²) in [6, 6.07) is 7.55. The van der Waals surface area contributed by atoms with Crippen molar-refractivity contribution in [1.82, 2.24) is 24.8 Å². The van der Waals surface area contributed by atoms with Gasteiger partial charge in [-0.3, -0.25) is 9.69 Å². The molecule has 2 aromatic heterocycles. The second-order valence-corrected chi connectivity index (χ2v) is 9.67. The minimum Gasteiger partial charge on any atom is -0.444 e. The highest BCUT2D eigenvalue weighted by atomic mass is 35.5. The number of imidazole rings is 1. The fourth-order valence-corrected chi connectivity index (χ4v) is 4.19. The number of fused-ring (bicyclic) bond motifs is 1.